The number of benzene rings is 1. The summed E-state index contributed by atoms with van der Waals surface area (Å²) in [6.45, 7) is 4.61. The van der Waals surface area contributed by atoms with Crippen molar-refractivity contribution in [3.63, 3.8) is 0 Å². The van der Waals surface area contributed by atoms with Gasteiger partial charge in [0.05, 0.1) is 14.1 Å². The molecular formula is C12H20N2+2. The Balaban J connectivity index is 2.47. The highest BCUT2D eigenvalue weighted by atomic mass is 15.1. The molecule has 1 heterocycles. The number of aryl methyl sites for hydroxylation is 1. The van der Waals surface area contributed by atoms with E-state index in [1.165, 1.54) is 22.6 Å². The van der Waals surface area contributed by atoms with Gasteiger partial charge in [-0.3, -0.25) is 0 Å². The highest BCUT2D eigenvalue weighted by Crippen LogP contribution is 2.20. The molecule has 0 unspecified atom stereocenters. The second-order valence-corrected chi connectivity index (χ2v) is 4.51. The molecule has 2 rings (SSSR count). The van der Waals surface area contributed by atoms with Crippen LogP contribution in [-0.2, 0) is 6.54 Å². The number of nitrogens with two attached hydrogens (primary N) is 1. The number of likely N-dealkylation sites (N-methyl/N-ethyl adjacent to an activating group) is 1. The summed E-state index contributed by atoms with van der Waals surface area (Å²) in [5.74, 6) is 0. The Bertz CT molecular complexity index is 331. The van der Waals surface area contributed by atoms with Crippen LogP contribution in [0.25, 0.3) is 0 Å². The van der Waals surface area contributed by atoms with Crippen molar-refractivity contribution < 1.29 is 10.2 Å². The van der Waals surface area contributed by atoms with Crippen LogP contribution in [0.4, 0.5) is 0 Å². The lowest BCUT2D eigenvalue weighted by atomic mass is 9.92. The summed E-state index contributed by atoms with van der Waals surface area (Å²) in [7, 11) is 4.50. The third-order valence-electron chi connectivity index (χ3n) is 3.23. The molecule has 0 radical (unpaired) electrons. The fourth-order valence-corrected chi connectivity index (χ4v) is 2.47. The summed E-state index contributed by atoms with van der Waals surface area (Å²) in [4.78, 5) is 1.54. The quantitative estimate of drug-likeness (QED) is 0.585. The van der Waals surface area contributed by atoms with Gasteiger partial charge in [0.15, 0.2) is 6.04 Å². The fourth-order valence-electron chi connectivity index (χ4n) is 2.47. The van der Waals surface area contributed by atoms with Crippen LogP contribution in [0.15, 0.2) is 18.2 Å². The Morgan fingerprint density at radius 2 is 2.14 bits per heavy atom. The molecule has 76 valence electrons. The third kappa shape index (κ3) is 1.56. The number of nitrogens with one attached hydrogen (secondary N) is 1. The second kappa shape index (κ2) is 3.71. The lowest BCUT2D eigenvalue weighted by Gasteiger charge is -2.27. The minimum atomic E-state index is 0.667. The van der Waals surface area contributed by atoms with Gasteiger partial charge in [-0.05, 0) is 12.5 Å². The number of fused-ring (bicyclic) bond motifs is 1. The highest BCUT2D eigenvalue weighted by Gasteiger charge is 2.28. The van der Waals surface area contributed by atoms with Crippen LogP contribution in [0, 0.1) is 6.92 Å². The molecule has 1 aromatic rings. The molecular weight excluding hydrogens is 172 g/mol. The first-order valence-corrected chi connectivity index (χ1v) is 5.40. The smallest absolute Gasteiger partial charge is 0.163 e. The molecule has 2 heteroatoms. The van der Waals surface area contributed by atoms with Crippen molar-refractivity contribution in [3.05, 3.63) is 34.9 Å². The van der Waals surface area contributed by atoms with Crippen molar-refractivity contribution in [1.29, 1.82) is 0 Å². The van der Waals surface area contributed by atoms with E-state index in [4.69, 9.17) is 0 Å². The van der Waals surface area contributed by atoms with Crippen molar-refractivity contribution in [2.45, 2.75) is 19.5 Å². The van der Waals surface area contributed by atoms with E-state index in [9.17, 15) is 0 Å². The third-order valence-corrected chi connectivity index (χ3v) is 3.23. The lowest BCUT2D eigenvalue weighted by molar-refractivity contribution is -0.912. The maximum Gasteiger partial charge on any atom is 0.163 e. The molecule has 1 atom stereocenters. The fraction of sp³-hybridized carbons (Fsp3) is 0.500. The number of hydrogen-bond donors (Lipinski definition) is 2. The van der Waals surface area contributed by atoms with E-state index in [2.05, 4.69) is 44.5 Å². The first-order valence-electron chi connectivity index (χ1n) is 5.40. The van der Waals surface area contributed by atoms with E-state index in [0.29, 0.717) is 6.04 Å². The Morgan fingerprint density at radius 1 is 1.36 bits per heavy atom. The predicted octanol–water partition coefficient (Wildman–Crippen LogP) is -0.742. The normalized spacial score (nSPS) is 21.0. The van der Waals surface area contributed by atoms with E-state index >= 15 is 0 Å². The van der Waals surface area contributed by atoms with Gasteiger partial charge in [-0.25, -0.2) is 0 Å². The number of hydrogen-bond acceptors (Lipinski definition) is 0. The monoisotopic (exact) mass is 192 g/mol. The number of quaternary nitrogens is 2. The van der Waals surface area contributed by atoms with Gasteiger partial charge in [0, 0.05) is 11.1 Å². The van der Waals surface area contributed by atoms with E-state index in [0.717, 1.165) is 6.54 Å². The Kier molecular flexibility index (Phi) is 2.57. The van der Waals surface area contributed by atoms with Crippen LogP contribution in [0.1, 0.15) is 22.7 Å². The molecule has 2 nitrogen and oxygen atoms in total. The zero-order valence-electron chi connectivity index (χ0n) is 9.30. The van der Waals surface area contributed by atoms with Crippen molar-refractivity contribution >= 4 is 0 Å². The van der Waals surface area contributed by atoms with Gasteiger partial charge in [0.25, 0.3) is 0 Å². The molecule has 0 bridgehead atoms. The summed E-state index contributed by atoms with van der Waals surface area (Å²) in [5, 5.41) is 2.42. The van der Waals surface area contributed by atoms with Crippen LogP contribution >= 0.6 is 0 Å². The zero-order valence-corrected chi connectivity index (χ0v) is 9.30. The molecule has 3 N–H and O–H groups in total. The molecule has 0 amide bonds. The minimum Gasteiger partial charge on any atom is -0.337 e. The summed E-state index contributed by atoms with van der Waals surface area (Å²) in [5.41, 5.74) is 4.58. The lowest BCUT2D eigenvalue weighted by Crippen LogP contribution is -3.10. The van der Waals surface area contributed by atoms with Gasteiger partial charge >= 0.3 is 0 Å². The molecule has 0 saturated carbocycles. The van der Waals surface area contributed by atoms with E-state index in [-0.39, 0.29) is 0 Å². The predicted molar refractivity (Wildman–Crippen MR) is 57.2 cm³/mol. The molecule has 0 saturated heterocycles. The molecule has 1 aliphatic rings. The van der Waals surface area contributed by atoms with Gasteiger partial charge in [-0.1, -0.05) is 18.2 Å². The summed E-state index contributed by atoms with van der Waals surface area (Å²) in [6.07, 6.45) is 0. The van der Waals surface area contributed by atoms with Crippen LogP contribution in [0.5, 0.6) is 0 Å². The van der Waals surface area contributed by atoms with Crippen molar-refractivity contribution in [2.24, 2.45) is 0 Å². The van der Waals surface area contributed by atoms with Crippen molar-refractivity contribution in [1.82, 2.24) is 0 Å². The summed E-state index contributed by atoms with van der Waals surface area (Å²) in [6, 6.07) is 7.35. The first kappa shape index (κ1) is 9.69. The maximum atomic E-state index is 2.42. The number of rotatable bonds is 1. The molecule has 14 heavy (non-hydrogen) atoms. The van der Waals surface area contributed by atoms with Gasteiger partial charge in [-0.15, -0.1) is 0 Å². The molecule has 0 aromatic heterocycles. The molecule has 0 aliphatic carbocycles. The van der Waals surface area contributed by atoms with E-state index in [1.54, 1.807) is 5.56 Å². The minimum absolute atomic E-state index is 0.667. The van der Waals surface area contributed by atoms with Crippen LogP contribution in [0.3, 0.4) is 0 Å². The molecule has 1 aromatic carbocycles. The zero-order chi connectivity index (χ0) is 10.1. The topological polar surface area (TPSA) is 21.1 Å². The van der Waals surface area contributed by atoms with Gasteiger partial charge in [0.2, 0.25) is 0 Å². The Hall–Kier alpha value is -0.860. The highest BCUT2D eigenvalue weighted by molar-refractivity contribution is 5.36. The summed E-state index contributed by atoms with van der Waals surface area (Å²) < 4.78 is 0. The first-order chi connectivity index (χ1) is 6.70. The summed E-state index contributed by atoms with van der Waals surface area (Å²) >= 11 is 0. The van der Waals surface area contributed by atoms with E-state index in [1.807, 2.05) is 0 Å². The standard InChI is InChI=1S/C12H18N2/c1-9-5-4-6-10-7-13-8-11(12(9)10)14(2)3/h4-6,11,13H,7-8H2,1-3H3/p+2/t11-/m1/s1. The Labute approximate surface area is 85.9 Å². The molecule has 1 aliphatic heterocycles. The van der Waals surface area contributed by atoms with Gasteiger partial charge < -0.3 is 10.2 Å². The van der Waals surface area contributed by atoms with Crippen LogP contribution in [-0.4, -0.2) is 20.6 Å². The second-order valence-electron chi connectivity index (χ2n) is 4.51. The van der Waals surface area contributed by atoms with Crippen LogP contribution in [0.2, 0.25) is 0 Å². The molecule has 0 spiro atoms. The van der Waals surface area contributed by atoms with Crippen LogP contribution < -0.4 is 10.2 Å². The van der Waals surface area contributed by atoms with Gasteiger partial charge in [0.1, 0.15) is 13.1 Å². The van der Waals surface area contributed by atoms with E-state index < -0.39 is 0 Å². The van der Waals surface area contributed by atoms with Crippen molar-refractivity contribution in [3.8, 4) is 0 Å². The average Bonchev–Trinajstić information content (AvgIpc) is 2.17. The van der Waals surface area contributed by atoms with Crippen molar-refractivity contribution in [2.75, 3.05) is 20.6 Å². The maximum absolute atomic E-state index is 2.42. The SMILES string of the molecule is Cc1cccc2c1[C@H]([NH+](C)C)C[NH2+]C2. The Morgan fingerprint density at radius 3 is 2.86 bits per heavy atom. The van der Waals surface area contributed by atoms with Gasteiger partial charge in [-0.2, -0.15) is 0 Å². The average molecular weight is 192 g/mol. The molecule has 0 fully saturated rings. The largest absolute Gasteiger partial charge is 0.337 e.